The molecule has 0 spiro atoms. The van der Waals surface area contributed by atoms with Crippen LogP contribution in [-0.4, -0.2) is 16.4 Å². The van der Waals surface area contributed by atoms with Crippen molar-refractivity contribution in [3.63, 3.8) is 0 Å². The first-order chi connectivity index (χ1) is 13.4. The van der Waals surface area contributed by atoms with E-state index >= 15 is 0 Å². The lowest BCUT2D eigenvalue weighted by atomic mass is 9.78. The van der Waals surface area contributed by atoms with Crippen LogP contribution in [-0.2, 0) is 10.5 Å². The molecule has 2 aromatic rings. The average molecular weight is 395 g/mol. The van der Waals surface area contributed by atoms with E-state index in [1.165, 1.54) is 37.1 Å². The molecular weight excluding hydrogens is 378 g/mol. The highest BCUT2D eigenvalue weighted by molar-refractivity contribution is 8.02. The molecule has 8 heteroatoms. The number of nitro benzene ring substituents is 1. The zero-order chi connectivity index (χ0) is 20.3. The van der Waals surface area contributed by atoms with E-state index in [0.717, 1.165) is 5.56 Å². The first-order valence-electron chi connectivity index (χ1n) is 8.51. The van der Waals surface area contributed by atoms with Crippen LogP contribution in [0.5, 0.6) is 0 Å². The van der Waals surface area contributed by atoms with E-state index in [-0.39, 0.29) is 11.5 Å². The maximum atomic E-state index is 12.2. The highest BCUT2D eigenvalue weighted by Crippen LogP contribution is 2.43. The fourth-order valence-electron chi connectivity index (χ4n) is 3.27. The number of carbonyl (C=O) groups excluding carboxylic acids is 1. The Hall–Kier alpha value is -3.18. The highest BCUT2D eigenvalue weighted by Gasteiger charge is 2.39. The monoisotopic (exact) mass is 395 g/mol. The van der Waals surface area contributed by atoms with Gasteiger partial charge in [-0.2, -0.15) is 5.26 Å². The zero-order valence-corrected chi connectivity index (χ0v) is 16.1. The lowest BCUT2D eigenvalue weighted by molar-refractivity contribution is -0.384. The van der Waals surface area contributed by atoms with Gasteiger partial charge in [-0.3, -0.25) is 14.9 Å². The van der Waals surface area contributed by atoms with Crippen molar-refractivity contribution in [3.05, 3.63) is 74.7 Å². The van der Waals surface area contributed by atoms with Crippen LogP contribution < -0.4 is 0 Å². The predicted molar refractivity (Wildman–Crippen MR) is 106 cm³/mol. The van der Waals surface area contributed by atoms with Crippen molar-refractivity contribution in [1.82, 2.24) is 0 Å². The molecule has 0 fully saturated rings. The number of Topliss-reactive ketones (excluding diaryl/α,β-unsaturated/α-hetero) is 1. The molecule has 2 atom stereocenters. The first kappa shape index (κ1) is 19.6. The van der Waals surface area contributed by atoms with Crippen LogP contribution in [0.2, 0.25) is 0 Å². The summed E-state index contributed by atoms with van der Waals surface area (Å²) in [6.45, 7) is 3.25. The molecule has 1 aliphatic rings. The quantitative estimate of drug-likeness (QED) is 0.521. The van der Waals surface area contributed by atoms with Gasteiger partial charge in [0.1, 0.15) is 16.6 Å². The third-order valence-corrected chi connectivity index (χ3v) is 5.57. The van der Waals surface area contributed by atoms with Gasteiger partial charge in [0, 0.05) is 23.6 Å². The van der Waals surface area contributed by atoms with Gasteiger partial charge in [-0.05, 0) is 31.5 Å². The Morgan fingerprint density at radius 1 is 1.39 bits per heavy atom. The van der Waals surface area contributed by atoms with Crippen molar-refractivity contribution >= 4 is 28.9 Å². The Kier molecular flexibility index (Phi) is 5.76. The molecule has 2 heterocycles. The summed E-state index contributed by atoms with van der Waals surface area (Å²) in [4.78, 5) is 27.3. The molecule has 1 aromatic heterocycles. The fraction of sp³-hybridized carbons (Fsp3) is 0.250. The number of benzene rings is 1. The number of hydrogen-bond acceptors (Lipinski definition) is 7. The highest BCUT2D eigenvalue weighted by atomic mass is 32.2. The van der Waals surface area contributed by atoms with E-state index in [9.17, 15) is 20.2 Å². The topological polar surface area (TPSA) is 109 Å². The van der Waals surface area contributed by atoms with Gasteiger partial charge in [0.05, 0.1) is 34.7 Å². The van der Waals surface area contributed by atoms with Crippen molar-refractivity contribution in [1.29, 1.82) is 5.26 Å². The lowest BCUT2D eigenvalue weighted by Crippen LogP contribution is -2.31. The van der Waals surface area contributed by atoms with Crippen LogP contribution in [0.1, 0.15) is 31.1 Å². The number of nitriles is 1. The third kappa shape index (κ3) is 3.89. The van der Waals surface area contributed by atoms with Crippen LogP contribution >= 0.6 is 11.8 Å². The van der Waals surface area contributed by atoms with Gasteiger partial charge in [0.25, 0.3) is 5.69 Å². The molecular formula is C20H17N3O4S. The maximum Gasteiger partial charge on any atom is 0.269 e. The Morgan fingerprint density at radius 2 is 2.18 bits per heavy atom. The summed E-state index contributed by atoms with van der Waals surface area (Å²) in [6.07, 6.45) is 1.51. The van der Waals surface area contributed by atoms with Crippen molar-refractivity contribution in [2.45, 2.75) is 25.5 Å². The Labute approximate surface area is 165 Å². The molecule has 0 amide bonds. The summed E-state index contributed by atoms with van der Waals surface area (Å²) in [5.74, 6) is -0.211. The third-order valence-electron chi connectivity index (χ3n) is 4.51. The fourth-order valence-corrected chi connectivity index (χ4v) is 4.29. The summed E-state index contributed by atoms with van der Waals surface area (Å²) >= 11 is 1.32. The molecule has 0 bridgehead atoms. The minimum Gasteiger partial charge on any atom is -0.469 e. The van der Waals surface area contributed by atoms with Gasteiger partial charge >= 0.3 is 0 Å². The molecule has 7 nitrogen and oxygen atoms in total. The SMILES string of the molecule is CC(=O)C1C(C)=NC(SCc2cccc([N+](=O)[O-])c2)=C(C#N)[C@@H]1c1ccco1. The van der Waals surface area contributed by atoms with Crippen LogP contribution in [0.4, 0.5) is 5.69 Å². The van der Waals surface area contributed by atoms with Crippen molar-refractivity contribution in [2.75, 3.05) is 0 Å². The average Bonchev–Trinajstić information content (AvgIpc) is 3.20. The summed E-state index contributed by atoms with van der Waals surface area (Å²) in [7, 11) is 0. The number of ketones is 1. The molecule has 0 saturated carbocycles. The number of nitro groups is 1. The van der Waals surface area contributed by atoms with E-state index < -0.39 is 16.8 Å². The molecule has 142 valence electrons. The Balaban J connectivity index is 1.95. The minimum absolute atomic E-state index is 0.0148. The van der Waals surface area contributed by atoms with Gasteiger partial charge in [-0.15, -0.1) is 11.8 Å². The van der Waals surface area contributed by atoms with Gasteiger partial charge in [-0.25, -0.2) is 4.99 Å². The minimum atomic E-state index is -0.553. The van der Waals surface area contributed by atoms with E-state index in [4.69, 9.17) is 4.42 Å². The number of allylic oxidation sites excluding steroid dienone is 1. The summed E-state index contributed by atoms with van der Waals surface area (Å²) in [5, 5.41) is 21.3. The summed E-state index contributed by atoms with van der Waals surface area (Å²) < 4.78 is 5.51. The smallest absolute Gasteiger partial charge is 0.269 e. The first-order valence-corrected chi connectivity index (χ1v) is 9.50. The van der Waals surface area contributed by atoms with Gasteiger partial charge < -0.3 is 4.42 Å². The van der Waals surface area contributed by atoms with E-state index in [1.54, 1.807) is 31.2 Å². The van der Waals surface area contributed by atoms with Gasteiger partial charge in [0.2, 0.25) is 0 Å². The van der Waals surface area contributed by atoms with E-state index in [1.807, 2.05) is 0 Å². The molecule has 0 N–H and O–H groups in total. The van der Waals surface area contributed by atoms with Gasteiger partial charge in [-0.1, -0.05) is 12.1 Å². The molecule has 0 aliphatic carbocycles. The molecule has 0 saturated heterocycles. The molecule has 3 rings (SSSR count). The zero-order valence-electron chi connectivity index (χ0n) is 15.3. The largest absolute Gasteiger partial charge is 0.469 e. The predicted octanol–water partition coefficient (Wildman–Crippen LogP) is 4.62. The number of furan rings is 1. The number of carbonyl (C=O) groups is 1. The number of nitrogens with zero attached hydrogens (tertiary/aromatic N) is 3. The number of rotatable bonds is 6. The number of aliphatic imine (C=N–C) groups is 1. The molecule has 0 radical (unpaired) electrons. The molecule has 1 aromatic carbocycles. The van der Waals surface area contributed by atoms with Crippen LogP contribution in [0, 0.1) is 27.4 Å². The number of hydrogen-bond donors (Lipinski definition) is 0. The standard InChI is InChI=1S/C20H17N3O4S/c1-12-18(13(2)24)19(17-7-4-8-27-17)16(10-21)20(22-12)28-11-14-5-3-6-15(9-14)23(25)26/h3-9,18-19H,11H2,1-2H3/t18?,19-/m1/s1. The lowest BCUT2D eigenvalue weighted by Gasteiger charge is -2.28. The molecule has 1 unspecified atom stereocenters. The van der Waals surface area contributed by atoms with E-state index in [2.05, 4.69) is 11.1 Å². The normalized spacial score (nSPS) is 19.1. The van der Waals surface area contributed by atoms with Crippen molar-refractivity contribution in [3.8, 4) is 6.07 Å². The van der Waals surface area contributed by atoms with Crippen LogP contribution in [0.25, 0.3) is 0 Å². The second-order valence-electron chi connectivity index (χ2n) is 6.38. The van der Waals surface area contributed by atoms with Crippen molar-refractivity contribution in [2.24, 2.45) is 10.9 Å². The van der Waals surface area contributed by atoms with E-state index in [0.29, 0.717) is 27.8 Å². The second kappa shape index (κ2) is 8.23. The van der Waals surface area contributed by atoms with Gasteiger partial charge in [0.15, 0.2) is 0 Å². The summed E-state index contributed by atoms with van der Waals surface area (Å²) in [5.41, 5.74) is 1.76. The maximum absolute atomic E-state index is 12.2. The van der Waals surface area contributed by atoms with Crippen LogP contribution in [0.3, 0.4) is 0 Å². The number of non-ortho nitro benzene ring substituents is 1. The molecule has 28 heavy (non-hydrogen) atoms. The Bertz CT molecular complexity index is 1020. The summed E-state index contributed by atoms with van der Waals surface area (Å²) in [6, 6.07) is 12.0. The Morgan fingerprint density at radius 3 is 2.79 bits per heavy atom. The van der Waals surface area contributed by atoms with Crippen LogP contribution in [0.15, 0.2) is 62.7 Å². The number of thioether (sulfide) groups is 1. The second-order valence-corrected chi connectivity index (χ2v) is 7.34. The van der Waals surface area contributed by atoms with Crippen molar-refractivity contribution < 1.29 is 14.1 Å². The molecule has 1 aliphatic heterocycles.